The minimum Gasteiger partial charge on any atom is -0.330 e. The van der Waals surface area contributed by atoms with Crippen LogP contribution in [0, 0.1) is 5.82 Å². The Hall–Kier alpha value is -3.78. The summed E-state index contributed by atoms with van der Waals surface area (Å²) in [5, 5.41) is 14.7. The summed E-state index contributed by atoms with van der Waals surface area (Å²) in [7, 11) is 0. The van der Waals surface area contributed by atoms with Crippen molar-refractivity contribution in [3.8, 4) is 10.4 Å². The molecule has 0 spiro atoms. The first kappa shape index (κ1) is 20.1. The van der Waals surface area contributed by atoms with E-state index in [1.807, 2.05) is 41.8 Å². The number of benzene rings is 2. The van der Waals surface area contributed by atoms with Crippen molar-refractivity contribution in [2.75, 3.05) is 5.32 Å². The average Bonchev–Trinajstić information content (AvgIpc) is 3.45. The van der Waals surface area contributed by atoms with Crippen molar-refractivity contribution in [2.45, 2.75) is 19.3 Å². The first-order chi connectivity index (χ1) is 15.5. The van der Waals surface area contributed by atoms with Gasteiger partial charge < -0.3 is 10.6 Å². The molecule has 0 saturated carbocycles. The number of aromatic amines is 1. The van der Waals surface area contributed by atoms with E-state index in [-0.39, 0.29) is 18.0 Å². The van der Waals surface area contributed by atoms with Gasteiger partial charge >= 0.3 is 0 Å². The van der Waals surface area contributed by atoms with Gasteiger partial charge in [0.1, 0.15) is 5.82 Å². The van der Waals surface area contributed by atoms with Gasteiger partial charge in [0.2, 0.25) is 5.91 Å². The average molecular weight is 447 g/mol. The summed E-state index contributed by atoms with van der Waals surface area (Å²) in [6, 6.07) is 14.7. The summed E-state index contributed by atoms with van der Waals surface area (Å²) in [5.74, 6) is -1.60. The molecule has 3 N–H and O–H groups in total. The summed E-state index contributed by atoms with van der Waals surface area (Å²) in [4.78, 5) is 26.6. The molecule has 8 heteroatoms. The molecule has 32 heavy (non-hydrogen) atoms. The van der Waals surface area contributed by atoms with Crippen molar-refractivity contribution in [1.29, 1.82) is 0 Å². The van der Waals surface area contributed by atoms with E-state index in [1.165, 1.54) is 12.1 Å². The Balaban J connectivity index is 1.47. The van der Waals surface area contributed by atoms with E-state index in [0.717, 1.165) is 16.0 Å². The van der Waals surface area contributed by atoms with Crippen molar-refractivity contribution in [3.63, 3.8) is 0 Å². The molecule has 1 atom stereocenters. The fraction of sp³-hybridized carbons (Fsp3) is 0.125. The van der Waals surface area contributed by atoms with E-state index in [0.29, 0.717) is 22.2 Å². The molecule has 3 heterocycles. The number of H-pyrrole nitrogens is 1. The molecule has 1 unspecified atom stereocenters. The molecule has 2 aromatic carbocycles. The van der Waals surface area contributed by atoms with Gasteiger partial charge in [0.25, 0.3) is 5.91 Å². The normalized spacial score (nSPS) is 16.3. The maximum Gasteiger partial charge on any atom is 0.254 e. The van der Waals surface area contributed by atoms with Gasteiger partial charge in [0.15, 0.2) is 0 Å². The largest absolute Gasteiger partial charge is 0.330 e. The van der Waals surface area contributed by atoms with E-state index in [1.54, 1.807) is 24.5 Å². The van der Waals surface area contributed by atoms with Gasteiger partial charge in [-0.2, -0.15) is 5.10 Å². The molecule has 2 amide bonds. The lowest BCUT2D eigenvalue weighted by Gasteiger charge is -2.27. The van der Waals surface area contributed by atoms with Gasteiger partial charge in [-0.25, -0.2) is 4.39 Å². The van der Waals surface area contributed by atoms with Crippen molar-refractivity contribution in [2.24, 2.45) is 0 Å². The van der Waals surface area contributed by atoms with Crippen LogP contribution in [0.1, 0.15) is 24.8 Å². The highest BCUT2D eigenvalue weighted by Gasteiger charge is 2.32. The highest BCUT2D eigenvalue weighted by molar-refractivity contribution is 7.13. The zero-order chi connectivity index (χ0) is 22.2. The fourth-order valence-electron chi connectivity index (χ4n) is 4.06. The second-order valence-electron chi connectivity index (χ2n) is 7.69. The molecule has 6 nitrogen and oxygen atoms in total. The van der Waals surface area contributed by atoms with E-state index in [2.05, 4.69) is 20.8 Å². The van der Waals surface area contributed by atoms with Crippen molar-refractivity contribution in [1.82, 2.24) is 15.5 Å². The molecule has 4 aromatic rings. The SMILES string of the molecule is CC1=C(C(=O)Nc2cc3cn[nH]c3cc2F)C(c2ccc(-c3cccs3)cc2)CC(=O)N1. The van der Waals surface area contributed by atoms with Crippen LogP contribution in [0.25, 0.3) is 21.3 Å². The number of hydrogen-bond acceptors (Lipinski definition) is 4. The van der Waals surface area contributed by atoms with Crippen molar-refractivity contribution < 1.29 is 14.0 Å². The maximum absolute atomic E-state index is 14.5. The molecule has 160 valence electrons. The monoisotopic (exact) mass is 446 g/mol. The Morgan fingerprint density at radius 1 is 1.22 bits per heavy atom. The number of carbonyl (C=O) groups is 2. The van der Waals surface area contributed by atoms with Crippen molar-refractivity contribution in [3.05, 3.63) is 82.8 Å². The number of fused-ring (bicyclic) bond motifs is 1. The predicted octanol–water partition coefficient (Wildman–Crippen LogP) is 4.95. The standard InChI is InChI=1S/C24H19FN4O2S/c1-13-23(24(31)28-20-9-16-12-26-29-19(16)11-18(20)25)17(10-22(30)27-13)14-4-6-15(7-5-14)21-3-2-8-32-21/h2-9,11-12,17H,10H2,1H3,(H,26,29)(H,27,30)(H,28,31). The minimum absolute atomic E-state index is 0.0629. The third-order valence-electron chi connectivity index (χ3n) is 5.61. The summed E-state index contributed by atoms with van der Waals surface area (Å²) in [6.45, 7) is 1.69. The number of thiophene rings is 1. The van der Waals surface area contributed by atoms with E-state index in [9.17, 15) is 14.0 Å². The molecule has 0 radical (unpaired) electrons. The molecular formula is C24H19FN4O2S. The zero-order valence-corrected chi connectivity index (χ0v) is 17.9. The predicted molar refractivity (Wildman–Crippen MR) is 123 cm³/mol. The lowest BCUT2D eigenvalue weighted by molar-refractivity contribution is -0.121. The number of nitrogens with one attached hydrogen (secondary N) is 3. The molecule has 0 fully saturated rings. The number of anilines is 1. The number of allylic oxidation sites excluding steroid dienone is 1. The van der Waals surface area contributed by atoms with Gasteiger partial charge in [-0.1, -0.05) is 30.3 Å². The van der Waals surface area contributed by atoms with Gasteiger partial charge in [-0.05, 0) is 35.6 Å². The lowest BCUT2D eigenvalue weighted by atomic mass is 9.83. The molecule has 5 rings (SSSR count). The number of aromatic nitrogens is 2. The Labute approximate surface area is 187 Å². The van der Waals surface area contributed by atoms with Crippen molar-refractivity contribution >= 4 is 39.7 Å². The Kier molecular flexibility index (Phi) is 5.07. The van der Waals surface area contributed by atoms with Gasteiger partial charge in [-0.3, -0.25) is 14.7 Å². The highest BCUT2D eigenvalue weighted by Crippen LogP contribution is 2.35. The quantitative estimate of drug-likeness (QED) is 0.415. The smallest absolute Gasteiger partial charge is 0.254 e. The molecule has 0 saturated heterocycles. The van der Waals surface area contributed by atoms with Crippen LogP contribution >= 0.6 is 11.3 Å². The Bertz CT molecular complexity index is 1360. The van der Waals surface area contributed by atoms with Crippen LogP contribution in [0.4, 0.5) is 10.1 Å². The van der Waals surface area contributed by atoms with E-state index < -0.39 is 17.6 Å². The molecule has 1 aliphatic rings. The number of carbonyl (C=O) groups excluding carboxylic acids is 2. The van der Waals surface area contributed by atoms with E-state index in [4.69, 9.17) is 0 Å². The number of amides is 2. The van der Waals surface area contributed by atoms with Gasteiger partial charge in [0, 0.05) is 39.9 Å². The number of nitrogens with zero attached hydrogens (tertiary/aromatic N) is 1. The Morgan fingerprint density at radius 2 is 2.03 bits per heavy atom. The summed E-state index contributed by atoms with van der Waals surface area (Å²) in [6.07, 6.45) is 1.70. The van der Waals surface area contributed by atoms with Crippen LogP contribution < -0.4 is 10.6 Å². The first-order valence-electron chi connectivity index (χ1n) is 10.1. The highest BCUT2D eigenvalue weighted by atomic mass is 32.1. The lowest BCUT2D eigenvalue weighted by Crippen LogP contribution is -2.35. The number of rotatable bonds is 4. The summed E-state index contributed by atoms with van der Waals surface area (Å²) >= 11 is 1.65. The Morgan fingerprint density at radius 3 is 2.78 bits per heavy atom. The maximum atomic E-state index is 14.5. The second-order valence-corrected chi connectivity index (χ2v) is 8.63. The third-order valence-corrected chi connectivity index (χ3v) is 6.53. The minimum atomic E-state index is -0.565. The van der Waals surface area contributed by atoms with Crippen LogP contribution in [0.2, 0.25) is 0 Å². The molecule has 0 bridgehead atoms. The second kappa shape index (κ2) is 8.05. The van der Waals surface area contributed by atoms with Crippen LogP contribution in [-0.4, -0.2) is 22.0 Å². The van der Waals surface area contributed by atoms with E-state index >= 15 is 0 Å². The summed E-state index contributed by atoms with van der Waals surface area (Å²) < 4.78 is 14.5. The fourth-order valence-corrected chi connectivity index (χ4v) is 4.80. The van der Waals surface area contributed by atoms with Crippen LogP contribution in [0.15, 0.2) is 71.4 Å². The van der Waals surface area contributed by atoms with Crippen LogP contribution in [0.5, 0.6) is 0 Å². The molecule has 1 aliphatic heterocycles. The molecular weight excluding hydrogens is 427 g/mol. The summed E-state index contributed by atoms with van der Waals surface area (Å²) in [5.41, 5.74) is 3.43. The molecule has 0 aliphatic carbocycles. The topological polar surface area (TPSA) is 86.9 Å². The van der Waals surface area contributed by atoms with Gasteiger partial charge in [-0.15, -0.1) is 11.3 Å². The third kappa shape index (κ3) is 3.69. The molecule has 2 aromatic heterocycles. The van der Waals surface area contributed by atoms with Crippen LogP contribution in [-0.2, 0) is 9.59 Å². The number of halogens is 1. The first-order valence-corrected chi connectivity index (χ1v) is 11.0. The van der Waals surface area contributed by atoms with Gasteiger partial charge in [0.05, 0.1) is 17.4 Å². The zero-order valence-electron chi connectivity index (χ0n) is 17.1. The van der Waals surface area contributed by atoms with Crippen LogP contribution in [0.3, 0.4) is 0 Å². The number of hydrogen-bond donors (Lipinski definition) is 3.